The first-order valence-electron chi connectivity index (χ1n) is 37.7. The minimum Gasteiger partial charge on any atom is -0.462 e. The van der Waals surface area contributed by atoms with E-state index >= 15 is 0 Å². The Labute approximate surface area is 562 Å². The van der Waals surface area contributed by atoms with Gasteiger partial charge in [-0.25, -0.2) is 9.13 Å². The second-order valence-corrected chi connectivity index (χ2v) is 30.9. The van der Waals surface area contributed by atoms with Crippen molar-refractivity contribution in [3.05, 3.63) is 0 Å². The SMILES string of the molecule is CCC(C)CCCCCCCCCCCCC(=O)O[C@H](COC(=O)CCCCCCCCC(C)C)COP(=O)(O)OC[C@H](O)COP(=O)(O)OC[C@@H](COC(=O)CCCCCCCCCCCCCCCCC(C)C)OC(=O)CCCCCCCCCCCC(C)C. The van der Waals surface area contributed by atoms with E-state index in [9.17, 15) is 43.2 Å². The zero-order valence-corrected chi connectivity index (χ0v) is 62.0. The average molecular weight is 1350 g/mol. The lowest BCUT2D eigenvalue weighted by atomic mass is 9.99. The Bertz CT molecular complexity index is 1820. The van der Waals surface area contributed by atoms with Crippen LogP contribution in [-0.2, 0) is 65.4 Å². The first kappa shape index (κ1) is 90.1. The molecule has 0 saturated carbocycles. The van der Waals surface area contributed by atoms with E-state index in [1.165, 1.54) is 161 Å². The van der Waals surface area contributed by atoms with E-state index in [-0.39, 0.29) is 25.7 Å². The van der Waals surface area contributed by atoms with E-state index in [1.807, 2.05) is 0 Å². The number of aliphatic hydroxyl groups is 1. The van der Waals surface area contributed by atoms with Crippen LogP contribution < -0.4 is 0 Å². The summed E-state index contributed by atoms with van der Waals surface area (Å²) in [6.07, 6.45) is 45.9. The molecule has 0 rings (SSSR count). The maximum Gasteiger partial charge on any atom is 0.472 e. The van der Waals surface area contributed by atoms with Crippen molar-refractivity contribution in [1.82, 2.24) is 0 Å². The molecule has 3 unspecified atom stereocenters. The van der Waals surface area contributed by atoms with Crippen LogP contribution in [0.1, 0.15) is 364 Å². The fourth-order valence-electron chi connectivity index (χ4n) is 11.0. The number of hydrogen-bond acceptors (Lipinski definition) is 15. The number of phosphoric ester groups is 2. The Kier molecular flexibility index (Phi) is 61.3. The minimum atomic E-state index is -4.95. The summed E-state index contributed by atoms with van der Waals surface area (Å²) in [6.45, 7) is 14.1. The van der Waals surface area contributed by atoms with Gasteiger partial charge >= 0.3 is 39.5 Å². The first-order chi connectivity index (χ1) is 44.1. The summed E-state index contributed by atoms with van der Waals surface area (Å²) < 4.78 is 68.4. The van der Waals surface area contributed by atoms with Gasteiger partial charge in [-0.15, -0.1) is 0 Å². The number of carbonyl (C=O) groups is 4. The molecule has 0 aromatic heterocycles. The molecule has 0 aromatic carbocycles. The van der Waals surface area contributed by atoms with Crippen LogP contribution in [-0.4, -0.2) is 96.7 Å². The van der Waals surface area contributed by atoms with Crippen LogP contribution in [0.4, 0.5) is 0 Å². The van der Waals surface area contributed by atoms with Crippen molar-refractivity contribution in [1.29, 1.82) is 0 Å². The number of hydrogen-bond donors (Lipinski definition) is 3. The molecule has 0 spiro atoms. The maximum absolute atomic E-state index is 13.0. The average Bonchev–Trinajstić information content (AvgIpc) is 3.33. The molecule has 17 nitrogen and oxygen atoms in total. The summed E-state index contributed by atoms with van der Waals surface area (Å²) in [6, 6.07) is 0. The highest BCUT2D eigenvalue weighted by Gasteiger charge is 2.30. The number of aliphatic hydroxyl groups excluding tert-OH is 1. The highest BCUT2D eigenvalue weighted by Crippen LogP contribution is 2.45. The molecule has 0 aromatic rings. The Hall–Kier alpha value is -1.94. The molecule has 0 bridgehead atoms. The van der Waals surface area contributed by atoms with E-state index in [4.69, 9.17) is 37.0 Å². The lowest BCUT2D eigenvalue weighted by molar-refractivity contribution is -0.161. The molecule has 92 heavy (non-hydrogen) atoms. The second-order valence-electron chi connectivity index (χ2n) is 28.0. The van der Waals surface area contributed by atoms with Crippen LogP contribution in [0, 0.1) is 23.7 Å². The lowest BCUT2D eigenvalue weighted by Crippen LogP contribution is -2.30. The predicted molar refractivity (Wildman–Crippen MR) is 372 cm³/mol. The summed E-state index contributed by atoms with van der Waals surface area (Å²) in [5.41, 5.74) is 0. The van der Waals surface area contributed by atoms with Crippen LogP contribution in [0.3, 0.4) is 0 Å². The van der Waals surface area contributed by atoms with Crippen LogP contribution >= 0.6 is 15.6 Å². The normalized spacial score (nSPS) is 14.5. The molecule has 0 aliphatic rings. The molecular formula is C73H142O17P2. The Morgan fingerprint density at radius 3 is 0.772 bits per heavy atom. The molecule has 0 fully saturated rings. The number of phosphoric acid groups is 2. The third kappa shape index (κ3) is 65.4. The molecule has 0 aliphatic carbocycles. The van der Waals surface area contributed by atoms with Crippen molar-refractivity contribution in [2.75, 3.05) is 39.6 Å². The molecule has 0 heterocycles. The van der Waals surface area contributed by atoms with Gasteiger partial charge in [-0.1, -0.05) is 312 Å². The minimum absolute atomic E-state index is 0.105. The van der Waals surface area contributed by atoms with Gasteiger partial charge in [0.05, 0.1) is 26.4 Å². The summed E-state index contributed by atoms with van der Waals surface area (Å²) in [5, 5.41) is 10.6. The molecule has 0 aliphatic heterocycles. The third-order valence-electron chi connectivity index (χ3n) is 17.2. The van der Waals surface area contributed by atoms with E-state index in [1.54, 1.807) is 0 Å². The molecule has 3 N–H and O–H groups in total. The van der Waals surface area contributed by atoms with Crippen LogP contribution in [0.25, 0.3) is 0 Å². The molecule has 19 heteroatoms. The second kappa shape index (κ2) is 62.6. The number of esters is 4. The first-order valence-corrected chi connectivity index (χ1v) is 40.7. The summed E-state index contributed by atoms with van der Waals surface area (Å²) in [5.74, 6) is 0.891. The molecule has 0 saturated heterocycles. The Morgan fingerprint density at radius 2 is 0.522 bits per heavy atom. The van der Waals surface area contributed by atoms with Gasteiger partial charge in [-0.05, 0) is 49.4 Å². The fraction of sp³-hybridized carbons (Fsp3) is 0.945. The van der Waals surface area contributed by atoms with Gasteiger partial charge in [0, 0.05) is 25.7 Å². The zero-order chi connectivity index (χ0) is 68.2. The predicted octanol–water partition coefficient (Wildman–Crippen LogP) is 20.9. The standard InChI is InChI=1S/C73H142O17P2/c1-9-66(8)52-44-36-27-21-16-17-23-29-39-47-55-72(77)90-69(60-84-71(76)54-46-38-32-31-35-43-51-65(6)7)62-88-92(81,82)86-58-67(74)57-85-91(79,80)87-61-68(89-73(78)56-48-40-30-24-18-20-26-34-42-50-64(4)5)59-83-70(75)53-45-37-28-22-15-13-11-10-12-14-19-25-33-41-49-63(2)3/h63-69,74H,9-62H2,1-8H3,(H,79,80)(H,81,82)/t66?,67-,68-,69-/m1/s1. The Morgan fingerprint density at radius 1 is 0.304 bits per heavy atom. The van der Waals surface area contributed by atoms with Gasteiger partial charge in [0.1, 0.15) is 19.3 Å². The molecule has 6 atom stereocenters. The number of ether oxygens (including phenoxy) is 4. The van der Waals surface area contributed by atoms with E-state index in [0.717, 1.165) is 114 Å². The maximum atomic E-state index is 13.0. The largest absolute Gasteiger partial charge is 0.472 e. The summed E-state index contributed by atoms with van der Waals surface area (Å²) >= 11 is 0. The topological polar surface area (TPSA) is 237 Å². The van der Waals surface area contributed by atoms with Crippen molar-refractivity contribution in [3.63, 3.8) is 0 Å². The van der Waals surface area contributed by atoms with Crippen molar-refractivity contribution in [2.45, 2.75) is 382 Å². The van der Waals surface area contributed by atoms with Gasteiger partial charge in [0.15, 0.2) is 12.2 Å². The Balaban J connectivity index is 5.22. The highest BCUT2D eigenvalue weighted by atomic mass is 31.2. The van der Waals surface area contributed by atoms with Gasteiger partial charge in [0.25, 0.3) is 0 Å². The molecule has 0 radical (unpaired) electrons. The summed E-state index contributed by atoms with van der Waals surface area (Å²) in [7, 11) is -9.91. The molecular weight excluding hydrogens is 1210 g/mol. The quantitative estimate of drug-likeness (QED) is 0.0222. The van der Waals surface area contributed by atoms with Gasteiger partial charge in [0.2, 0.25) is 0 Å². The number of unbranched alkanes of at least 4 members (excludes halogenated alkanes) is 35. The molecule has 546 valence electrons. The third-order valence-corrected chi connectivity index (χ3v) is 19.1. The van der Waals surface area contributed by atoms with Crippen molar-refractivity contribution >= 4 is 39.5 Å². The number of carbonyl (C=O) groups excluding carboxylic acids is 4. The molecule has 0 amide bonds. The fourth-order valence-corrected chi connectivity index (χ4v) is 12.6. The van der Waals surface area contributed by atoms with Crippen molar-refractivity contribution in [2.24, 2.45) is 23.7 Å². The van der Waals surface area contributed by atoms with Gasteiger partial charge in [-0.2, -0.15) is 0 Å². The van der Waals surface area contributed by atoms with Crippen molar-refractivity contribution in [3.8, 4) is 0 Å². The van der Waals surface area contributed by atoms with E-state index in [2.05, 4.69) is 55.4 Å². The zero-order valence-electron chi connectivity index (χ0n) is 60.2. The smallest absolute Gasteiger partial charge is 0.462 e. The monoisotopic (exact) mass is 1350 g/mol. The summed E-state index contributed by atoms with van der Waals surface area (Å²) in [4.78, 5) is 72.6. The van der Waals surface area contributed by atoms with Gasteiger partial charge in [-0.3, -0.25) is 37.3 Å². The van der Waals surface area contributed by atoms with Crippen molar-refractivity contribution < 1.29 is 80.2 Å². The lowest BCUT2D eigenvalue weighted by Gasteiger charge is -2.21. The highest BCUT2D eigenvalue weighted by molar-refractivity contribution is 7.47. The van der Waals surface area contributed by atoms with E-state index < -0.39 is 97.5 Å². The van der Waals surface area contributed by atoms with Crippen LogP contribution in [0.5, 0.6) is 0 Å². The van der Waals surface area contributed by atoms with Crippen LogP contribution in [0.2, 0.25) is 0 Å². The van der Waals surface area contributed by atoms with Crippen LogP contribution in [0.15, 0.2) is 0 Å². The van der Waals surface area contributed by atoms with E-state index in [0.29, 0.717) is 31.6 Å². The number of rotatable bonds is 70. The van der Waals surface area contributed by atoms with Gasteiger partial charge < -0.3 is 33.8 Å².